The molecule has 1 aromatic heterocycles. The number of piperidine rings is 1. The number of hydrogen-bond acceptors (Lipinski definition) is 5. The molecule has 2 fully saturated rings. The lowest BCUT2D eigenvalue weighted by Gasteiger charge is -2.32. The molecule has 0 unspecified atom stereocenters. The largest absolute Gasteiger partial charge is 0.408 e. The highest BCUT2D eigenvalue weighted by atomic mass is 19.4. The van der Waals surface area contributed by atoms with Crippen molar-refractivity contribution in [2.75, 3.05) is 19.6 Å². The highest BCUT2D eigenvalue weighted by molar-refractivity contribution is 6.10. The summed E-state index contributed by atoms with van der Waals surface area (Å²) in [5.74, 6) is -1.74. The minimum absolute atomic E-state index is 0.258. The third-order valence-electron chi connectivity index (χ3n) is 9.20. The first-order valence-electron chi connectivity index (χ1n) is 15.1. The van der Waals surface area contributed by atoms with E-state index in [1.165, 1.54) is 12.1 Å². The van der Waals surface area contributed by atoms with Gasteiger partial charge < -0.3 is 15.5 Å². The standard InChI is InChI=1S/C32H34F4N6O3/c1-20(32(34,35)36)41(17-21-2-5-26(33)6-3-21)28(43)19-42-29(44)31(39-30(42)45)11-8-24-14-23(4-7-27(24)31)25-15-38-40(18-25)16-22-9-12-37-13-10-22/h2-7,14-15,18,20,22,37H,8-13,16-17,19H2,1H3,(H,39,45)/t20-,31-/m0/s1. The molecule has 238 valence electrons. The number of urea groups is 1. The van der Waals surface area contributed by atoms with Gasteiger partial charge in [0.1, 0.15) is 23.9 Å². The molecule has 3 heterocycles. The van der Waals surface area contributed by atoms with Gasteiger partial charge in [-0.25, -0.2) is 9.18 Å². The molecule has 6 rings (SSSR count). The molecule has 13 heteroatoms. The summed E-state index contributed by atoms with van der Waals surface area (Å²) >= 11 is 0. The van der Waals surface area contributed by atoms with Crippen molar-refractivity contribution in [3.05, 3.63) is 77.4 Å². The van der Waals surface area contributed by atoms with Gasteiger partial charge in [-0.2, -0.15) is 18.3 Å². The van der Waals surface area contributed by atoms with E-state index in [1.807, 2.05) is 29.2 Å². The van der Waals surface area contributed by atoms with E-state index in [-0.39, 0.29) is 12.0 Å². The van der Waals surface area contributed by atoms with Crippen LogP contribution in [0.5, 0.6) is 0 Å². The summed E-state index contributed by atoms with van der Waals surface area (Å²) in [4.78, 5) is 41.4. The molecule has 2 aliphatic heterocycles. The number of carbonyl (C=O) groups excluding carboxylic acids is 3. The highest BCUT2D eigenvalue weighted by Crippen LogP contribution is 2.43. The first kappa shape index (κ1) is 30.8. The van der Waals surface area contributed by atoms with Crippen LogP contribution in [0.1, 0.15) is 42.9 Å². The zero-order valence-electron chi connectivity index (χ0n) is 24.7. The van der Waals surface area contributed by atoms with E-state index in [9.17, 15) is 31.9 Å². The predicted molar refractivity (Wildman–Crippen MR) is 156 cm³/mol. The van der Waals surface area contributed by atoms with Gasteiger partial charge in [-0.3, -0.25) is 19.2 Å². The third kappa shape index (κ3) is 6.05. The SMILES string of the molecule is C[C@H](N(Cc1ccc(F)cc1)C(=O)CN1C(=O)N[C@]2(CCc3cc(-c4cnn(CC5CCNCC5)c4)ccc32)C1=O)C(F)(F)F. The molecule has 0 bridgehead atoms. The number of aromatic nitrogens is 2. The zero-order valence-corrected chi connectivity index (χ0v) is 24.7. The first-order valence-corrected chi connectivity index (χ1v) is 15.1. The summed E-state index contributed by atoms with van der Waals surface area (Å²) in [6.45, 7) is 2.34. The number of benzene rings is 2. The molecule has 4 amide bonds. The number of nitrogens with zero attached hydrogens (tertiary/aromatic N) is 4. The van der Waals surface area contributed by atoms with Crippen LogP contribution in [0.2, 0.25) is 0 Å². The maximum absolute atomic E-state index is 13.8. The second-order valence-corrected chi connectivity index (χ2v) is 12.1. The lowest BCUT2D eigenvalue weighted by atomic mass is 9.90. The summed E-state index contributed by atoms with van der Waals surface area (Å²) in [7, 11) is 0. The van der Waals surface area contributed by atoms with Crippen molar-refractivity contribution in [3.63, 3.8) is 0 Å². The Morgan fingerprint density at radius 3 is 2.56 bits per heavy atom. The molecule has 0 saturated carbocycles. The second-order valence-electron chi connectivity index (χ2n) is 12.1. The van der Waals surface area contributed by atoms with Crippen molar-refractivity contribution >= 4 is 17.8 Å². The second kappa shape index (κ2) is 11.9. The fourth-order valence-electron chi connectivity index (χ4n) is 6.55. The van der Waals surface area contributed by atoms with E-state index < -0.39 is 54.5 Å². The number of amides is 4. The summed E-state index contributed by atoms with van der Waals surface area (Å²) in [6, 6.07) is 7.31. The zero-order chi connectivity index (χ0) is 31.9. The molecule has 2 saturated heterocycles. The molecule has 3 aromatic rings. The molecule has 9 nitrogen and oxygen atoms in total. The first-order chi connectivity index (χ1) is 21.4. The van der Waals surface area contributed by atoms with E-state index in [1.54, 1.807) is 6.07 Å². The summed E-state index contributed by atoms with van der Waals surface area (Å²) in [5, 5.41) is 10.6. The van der Waals surface area contributed by atoms with Gasteiger partial charge in [-0.15, -0.1) is 0 Å². The molecular weight excluding hydrogens is 592 g/mol. The average Bonchev–Trinajstić information content (AvgIpc) is 3.69. The molecule has 45 heavy (non-hydrogen) atoms. The molecule has 2 N–H and O–H groups in total. The van der Waals surface area contributed by atoms with Gasteiger partial charge in [-0.1, -0.05) is 30.3 Å². The Balaban J connectivity index is 1.18. The van der Waals surface area contributed by atoms with Gasteiger partial charge in [0.05, 0.1) is 6.20 Å². The number of rotatable bonds is 8. The third-order valence-corrected chi connectivity index (χ3v) is 9.20. The number of aryl methyl sites for hydroxylation is 1. The van der Waals surface area contributed by atoms with Crippen molar-refractivity contribution in [2.24, 2.45) is 5.92 Å². The van der Waals surface area contributed by atoms with Crippen molar-refractivity contribution < 1.29 is 31.9 Å². The monoisotopic (exact) mass is 626 g/mol. The Morgan fingerprint density at radius 2 is 1.84 bits per heavy atom. The fraction of sp³-hybridized carbons (Fsp3) is 0.438. The smallest absolute Gasteiger partial charge is 0.325 e. The van der Waals surface area contributed by atoms with Crippen LogP contribution in [0.4, 0.5) is 22.4 Å². The van der Waals surface area contributed by atoms with Crippen LogP contribution < -0.4 is 10.6 Å². The van der Waals surface area contributed by atoms with E-state index in [0.717, 1.165) is 68.2 Å². The normalized spacial score (nSPS) is 20.9. The number of imide groups is 1. The van der Waals surface area contributed by atoms with Crippen LogP contribution >= 0.6 is 0 Å². The Labute approximate surface area is 257 Å². The summed E-state index contributed by atoms with van der Waals surface area (Å²) in [5.41, 5.74) is 2.19. The van der Waals surface area contributed by atoms with E-state index in [2.05, 4.69) is 15.7 Å². The molecule has 3 aliphatic rings. The van der Waals surface area contributed by atoms with E-state index in [4.69, 9.17) is 0 Å². The number of nitrogens with one attached hydrogen (secondary N) is 2. The molecule has 2 atom stereocenters. The Morgan fingerprint density at radius 1 is 1.11 bits per heavy atom. The number of carbonyl (C=O) groups is 3. The number of halogens is 4. The quantitative estimate of drug-likeness (QED) is 0.286. The fourth-order valence-corrected chi connectivity index (χ4v) is 6.55. The van der Waals surface area contributed by atoms with Crippen LogP contribution in [0.25, 0.3) is 11.1 Å². The van der Waals surface area contributed by atoms with E-state index in [0.29, 0.717) is 27.7 Å². The predicted octanol–water partition coefficient (Wildman–Crippen LogP) is 4.36. The van der Waals surface area contributed by atoms with Gasteiger partial charge >= 0.3 is 12.2 Å². The molecule has 2 aromatic carbocycles. The van der Waals surface area contributed by atoms with Crippen LogP contribution in [-0.2, 0) is 34.6 Å². The maximum Gasteiger partial charge on any atom is 0.408 e. The van der Waals surface area contributed by atoms with Gasteiger partial charge in [0, 0.05) is 24.8 Å². The average molecular weight is 627 g/mol. The molecule has 1 spiro atoms. The lowest BCUT2D eigenvalue weighted by molar-refractivity contribution is -0.187. The number of alkyl halides is 3. The van der Waals surface area contributed by atoms with Crippen molar-refractivity contribution in [2.45, 2.75) is 63.5 Å². The Bertz CT molecular complexity index is 1600. The molecular formula is C32H34F4N6O3. The summed E-state index contributed by atoms with van der Waals surface area (Å²) < 4.78 is 56.5. The Kier molecular flexibility index (Phi) is 8.14. The minimum atomic E-state index is -4.76. The van der Waals surface area contributed by atoms with Crippen LogP contribution in [-0.4, -0.2) is 69.3 Å². The van der Waals surface area contributed by atoms with Crippen molar-refractivity contribution in [1.82, 2.24) is 30.2 Å². The maximum atomic E-state index is 13.8. The molecule has 0 radical (unpaired) electrons. The van der Waals surface area contributed by atoms with Crippen LogP contribution in [0.3, 0.4) is 0 Å². The van der Waals surface area contributed by atoms with Crippen molar-refractivity contribution in [1.29, 1.82) is 0 Å². The van der Waals surface area contributed by atoms with E-state index >= 15 is 0 Å². The van der Waals surface area contributed by atoms with Gasteiger partial charge in [0.25, 0.3) is 5.91 Å². The van der Waals surface area contributed by atoms with Crippen LogP contribution in [0.15, 0.2) is 54.9 Å². The number of hydrogen-bond donors (Lipinski definition) is 2. The lowest BCUT2D eigenvalue weighted by Crippen LogP contribution is -2.51. The molecule has 1 aliphatic carbocycles. The Hall–Kier alpha value is -4.26. The van der Waals surface area contributed by atoms with Gasteiger partial charge in [0.15, 0.2) is 0 Å². The summed E-state index contributed by atoms with van der Waals surface area (Å²) in [6.07, 6.45) is 2.00. The number of fused-ring (bicyclic) bond motifs is 2. The minimum Gasteiger partial charge on any atom is -0.325 e. The highest BCUT2D eigenvalue weighted by Gasteiger charge is 2.56. The van der Waals surface area contributed by atoms with Crippen molar-refractivity contribution in [3.8, 4) is 11.1 Å². The topological polar surface area (TPSA) is 99.6 Å². The van der Waals surface area contributed by atoms with Crippen LogP contribution in [0, 0.1) is 11.7 Å². The van der Waals surface area contributed by atoms with Gasteiger partial charge in [-0.05, 0) is 86.0 Å². The van der Waals surface area contributed by atoms with Gasteiger partial charge in [0.2, 0.25) is 5.91 Å².